The Kier molecular flexibility index (Phi) is 6.46. The number of nitrogens with one attached hydrogen (secondary N) is 1. The minimum atomic E-state index is -0.411. The maximum Gasteiger partial charge on any atom is 0.308 e. The van der Waals surface area contributed by atoms with Crippen molar-refractivity contribution in [3.63, 3.8) is 0 Å². The molecule has 3 aromatic carbocycles. The number of aromatic nitrogens is 3. The zero-order chi connectivity index (χ0) is 25.1. The second kappa shape index (κ2) is 10.0. The molecule has 0 saturated carbocycles. The van der Waals surface area contributed by atoms with Crippen LogP contribution in [0.25, 0.3) is 15.9 Å². The van der Waals surface area contributed by atoms with Crippen molar-refractivity contribution in [2.75, 3.05) is 0 Å². The molecule has 9 heteroatoms. The third-order valence-electron chi connectivity index (χ3n) is 5.53. The largest absolute Gasteiger partial charge is 0.438 e. The van der Waals surface area contributed by atoms with Crippen LogP contribution < -0.4 is 15.0 Å². The topological polar surface area (TPSA) is 90.5 Å². The van der Waals surface area contributed by atoms with Crippen LogP contribution in [0.2, 0.25) is 0 Å². The summed E-state index contributed by atoms with van der Waals surface area (Å²) in [5, 5.41) is 8.80. The van der Waals surface area contributed by atoms with E-state index in [9.17, 15) is 9.59 Å². The van der Waals surface area contributed by atoms with Gasteiger partial charge in [0.15, 0.2) is 0 Å². The molecule has 0 radical (unpaired) electrons. The van der Waals surface area contributed by atoms with E-state index in [2.05, 4.69) is 15.6 Å². The number of fused-ring (bicyclic) bond motifs is 1. The first-order valence-corrected chi connectivity index (χ1v) is 12.1. The molecule has 180 valence electrons. The standard InChI is InChI=1S/C27H23N5O3S/c1-18-9-8-12-21(15-18)35-26-22(19(2)30-32(26)20-10-4-3-5-11-20)16-28-29-25(33)17-31-23-13-6-7-14-24(23)36-27(31)34/h3-16H,17H2,1-2H3,(H,29,33)/b28-16+. The number of aryl methyl sites for hydroxylation is 2. The highest BCUT2D eigenvalue weighted by Crippen LogP contribution is 2.30. The first-order valence-electron chi connectivity index (χ1n) is 11.3. The van der Waals surface area contributed by atoms with E-state index < -0.39 is 5.91 Å². The summed E-state index contributed by atoms with van der Waals surface area (Å²) in [5.74, 6) is 0.725. The first-order chi connectivity index (χ1) is 17.5. The molecule has 5 aromatic rings. The highest BCUT2D eigenvalue weighted by Gasteiger charge is 2.18. The zero-order valence-corrected chi connectivity index (χ0v) is 20.5. The highest BCUT2D eigenvalue weighted by atomic mass is 32.1. The van der Waals surface area contributed by atoms with Crippen LogP contribution in [0.4, 0.5) is 0 Å². The SMILES string of the molecule is Cc1cccc(Oc2c(/C=N/NC(=O)Cn3c(=O)sc4ccccc43)c(C)nn2-c2ccccc2)c1. The lowest BCUT2D eigenvalue weighted by Gasteiger charge is -2.10. The molecule has 0 bridgehead atoms. The number of hydrogen-bond donors (Lipinski definition) is 1. The molecule has 0 unspecified atom stereocenters. The number of amides is 1. The summed E-state index contributed by atoms with van der Waals surface area (Å²) in [6.45, 7) is 3.71. The Morgan fingerprint density at radius 2 is 1.83 bits per heavy atom. The smallest absolute Gasteiger partial charge is 0.308 e. The first kappa shape index (κ1) is 23.3. The average Bonchev–Trinajstić information content (AvgIpc) is 3.35. The van der Waals surface area contributed by atoms with Crippen LogP contribution >= 0.6 is 11.3 Å². The molecule has 2 aromatic heterocycles. The third kappa shape index (κ3) is 4.82. The molecule has 0 aliphatic heterocycles. The Labute approximate surface area is 211 Å². The molecule has 8 nitrogen and oxygen atoms in total. The lowest BCUT2D eigenvalue weighted by Crippen LogP contribution is -2.27. The Morgan fingerprint density at radius 1 is 1.06 bits per heavy atom. The van der Waals surface area contributed by atoms with Crippen molar-refractivity contribution in [2.45, 2.75) is 20.4 Å². The number of carbonyl (C=O) groups excluding carboxylic acids is 1. The van der Waals surface area contributed by atoms with E-state index in [1.54, 1.807) is 4.68 Å². The van der Waals surface area contributed by atoms with E-state index in [0.29, 0.717) is 22.9 Å². The van der Waals surface area contributed by atoms with E-state index in [1.807, 2.05) is 92.7 Å². The number of hydrazone groups is 1. The van der Waals surface area contributed by atoms with Crippen molar-refractivity contribution in [3.05, 3.63) is 105 Å². The van der Waals surface area contributed by atoms with Gasteiger partial charge in [-0.25, -0.2) is 5.43 Å². The summed E-state index contributed by atoms with van der Waals surface area (Å²) in [7, 11) is 0. The second-order valence-electron chi connectivity index (χ2n) is 8.19. The average molecular weight is 498 g/mol. The predicted octanol–water partition coefficient (Wildman–Crippen LogP) is 4.81. The quantitative estimate of drug-likeness (QED) is 0.258. The van der Waals surface area contributed by atoms with E-state index in [0.717, 1.165) is 32.8 Å². The van der Waals surface area contributed by atoms with Crippen molar-refractivity contribution in [3.8, 4) is 17.3 Å². The van der Waals surface area contributed by atoms with Gasteiger partial charge >= 0.3 is 4.87 Å². The van der Waals surface area contributed by atoms with Gasteiger partial charge in [-0.2, -0.15) is 14.9 Å². The van der Waals surface area contributed by atoms with Gasteiger partial charge in [0, 0.05) is 0 Å². The summed E-state index contributed by atoms with van der Waals surface area (Å²) >= 11 is 1.11. The van der Waals surface area contributed by atoms with E-state index >= 15 is 0 Å². The number of benzene rings is 3. The van der Waals surface area contributed by atoms with Gasteiger partial charge in [0.05, 0.1) is 33.4 Å². The fourth-order valence-electron chi connectivity index (χ4n) is 3.81. The maximum absolute atomic E-state index is 12.6. The van der Waals surface area contributed by atoms with Crippen molar-refractivity contribution in [1.29, 1.82) is 0 Å². The highest BCUT2D eigenvalue weighted by molar-refractivity contribution is 7.16. The minimum Gasteiger partial charge on any atom is -0.438 e. The van der Waals surface area contributed by atoms with E-state index in [1.165, 1.54) is 10.8 Å². The Morgan fingerprint density at radius 3 is 2.64 bits per heavy atom. The van der Waals surface area contributed by atoms with Gasteiger partial charge in [-0.1, -0.05) is 53.8 Å². The monoisotopic (exact) mass is 497 g/mol. The molecular formula is C27H23N5O3S. The minimum absolute atomic E-state index is 0.130. The van der Waals surface area contributed by atoms with E-state index in [4.69, 9.17) is 4.74 Å². The maximum atomic E-state index is 12.6. The van der Waals surface area contributed by atoms with Gasteiger partial charge in [0.1, 0.15) is 12.3 Å². The van der Waals surface area contributed by atoms with Crippen molar-refractivity contribution in [1.82, 2.24) is 19.8 Å². The molecule has 0 saturated heterocycles. The lowest BCUT2D eigenvalue weighted by molar-refractivity contribution is -0.121. The summed E-state index contributed by atoms with van der Waals surface area (Å²) in [6, 6.07) is 24.7. The Bertz CT molecular complexity index is 1630. The summed E-state index contributed by atoms with van der Waals surface area (Å²) in [5.41, 5.74) is 6.44. The van der Waals surface area contributed by atoms with Crippen LogP contribution in [0, 0.1) is 13.8 Å². The predicted molar refractivity (Wildman–Crippen MR) is 141 cm³/mol. The molecule has 1 amide bonds. The van der Waals surface area contributed by atoms with Gasteiger partial charge in [0.2, 0.25) is 5.88 Å². The van der Waals surface area contributed by atoms with Crippen LogP contribution in [0.15, 0.2) is 88.8 Å². The number of para-hydroxylation sites is 2. The summed E-state index contributed by atoms with van der Waals surface area (Å²) < 4.78 is 10.2. The number of ether oxygens (including phenoxy) is 1. The third-order valence-corrected chi connectivity index (χ3v) is 6.49. The number of hydrogen-bond acceptors (Lipinski definition) is 6. The van der Waals surface area contributed by atoms with Crippen molar-refractivity contribution >= 4 is 33.7 Å². The molecule has 2 heterocycles. The molecule has 0 aliphatic rings. The lowest BCUT2D eigenvalue weighted by atomic mass is 10.2. The molecule has 36 heavy (non-hydrogen) atoms. The number of rotatable bonds is 7. The van der Waals surface area contributed by atoms with Crippen molar-refractivity contribution in [2.24, 2.45) is 5.10 Å². The fourth-order valence-corrected chi connectivity index (χ4v) is 4.70. The molecule has 0 spiro atoms. The molecular weight excluding hydrogens is 474 g/mol. The van der Waals surface area contributed by atoms with Gasteiger partial charge in [-0.15, -0.1) is 0 Å². The molecule has 0 fully saturated rings. The van der Waals surface area contributed by atoms with Crippen molar-refractivity contribution < 1.29 is 9.53 Å². The summed E-state index contributed by atoms with van der Waals surface area (Å²) in [6.07, 6.45) is 1.51. The number of nitrogens with zero attached hydrogens (tertiary/aromatic N) is 4. The number of carbonyl (C=O) groups is 1. The molecule has 1 N–H and O–H groups in total. The Hall–Kier alpha value is -4.50. The normalized spacial score (nSPS) is 11.3. The Balaban J connectivity index is 1.41. The fraction of sp³-hybridized carbons (Fsp3) is 0.111. The van der Waals surface area contributed by atoms with Crippen LogP contribution in [-0.2, 0) is 11.3 Å². The van der Waals surface area contributed by atoms with Gasteiger partial charge in [-0.05, 0) is 55.8 Å². The molecule has 0 atom stereocenters. The van der Waals surface area contributed by atoms with Crippen LogP contribution in [0.5, 0.6) is 11.6 Å². The van der Waals surface area contributed by atoms with Crippen LogP contribution in [-0.4, -0.2) is 26.5 Å². The molecule has 0 aliphatic carbocycles. The molecule has 5 rings (SSSR count). The van der Waals surface area contributed by atoms with Crippen LogP contribution in [0.3, 0.4) is 0 Å². The van der Waals surface area contributed by atoms with Gasteiger partial charge in [-0.3, -0.25) is 14.2 Å². The van der Waals surface area contributed by atoms with Gasteiger partial charge < -0.3 is 4.74 Å². The van der Waals surface area contributed by atoms with Crippen LogP contribution in [0.1, 0.15) is 16.8 Å². The van der Waals surface area contributed by atoms with E-state index in [-0.39, 0.29) is 11.4 Å². The summed E-state index contributed by atoms with van der Waals surface area (Å²) in [4.78, 5) is 24.7. The second-order valence-corrected chi connectivity index (χ2v) is 9.18. The van der Waals surface area contributed by atoms with Gasteiger partial charge in [0.25, 0.3) is 5.91 Å². The zero-order valence-electron chi connectivity index (χ0n) is 19.7. The number of thiazole rings is 1.